The number of hydrogen-bond donors (Lipinski definition) is 0. The van der Waals surface area contributed by atoms with Crippen LogP contribution in [-0.2, 0) is 0 Å². The molecular weight excluding hydrogens is 751 g/mol. The van der Waals surface area contributed by atoms with E-state index in [2.05, 4.69) is 60.7 Å². The average Bonchev–Trinajstić information content (AvgIpc) is 3.98. The van der Waals surface area contributed by atoms with Gasteiger partial charge in [0.2, 0.25) is 0 Å². The topological polar surface area (TPSA) is 51.8 Å². The molecule has 0 saturated carbocycles. The number of rotatable bonds is 6. The molecule has 0 saturated heterocycles. The SMILES string of the molecule is [2H]c1c([2H])c([2H])c2c(oc3c4c([2H])c([2H])c([2H])c([2H])c4c(-c4ccc(-c5nc(-c6cccc(-c7ccccc7)c6)nc(-c6ccc7c(c6)sc6ccc(-c8ccccc8)cc67)n5)cc4)c([2H])c32)c1[2H]. The summed E-state index contributed by atoms with van der Waals surface area (Å²) in [6, 6.07) is 44.4. The lowest BCUT2D eigenvalue weighted by Crippen LogP contribution is -2.00. The zero-order valence-corrected chi connectivity index (χ0v) is 32.3. The van der Waals surface area contributed by atoms with Crippen molar-refractivity contribution in [3.8, 4) is 67.5 Å². The lowest BCUT2D eigenvalue weighted by molar-refractivity contribution is 0.672. The first-order valence-electron chi connectivity index (χ1n) is 23.8. The number of aromatic nitrogens is 3. The van der Waals surface area contributed by atoms with Crippen LogP contribution in [0.4, 0.5) is 0 Å². The van der Waals surface area contributed by atoms with E-state index in [0.717, 1.165) is 43.5 Å². The average molecular weight is 793 g/mol. The lowest BCUT2D eigenvalue weighted by atomic mass is 9.95. The normalized spacial score (nSPS) is 13.8. The molecule has 4 nitrogen and oxygen atoms in total. The molecule has 0 amide bonds. The van der Waals surface area contributed by atoms with Crippen LogP contribution in [0.1, 0.15) is 12.3 Å². The molecule has 0 unspecified atom stereocenters. The van der Waals surface area contributed by atoms with Gasteiger partial charge in [0.15, 0.2) is 17.5 Å². The maximum atomic E-state index is 9.63. The summed E-state index contributed by atoms with van der Waals surface area (Å²) >= 11 is 1.71. The van der Waals surface area contributed by atoms with Gasteiger partial charge in [-0.05, 0) is 75.1 Å². The Bertz CT molecular complexity index is 4120. The first kappa shape index (κ1) is 26.3. The smallest absolute Gasteiger partial charge is 0.164 e. The van der Waals surface area contributed by atoms with E-state index in [1.54, 1.807) is 35.6 Å². The Labute approximate surface area is 362 Å². The van der Waals surface area contributed by atoms with Gasteiger partial charge in [-0.3, -0.25) is 0 Å². The Morgan fingerprint density at radius 1 is 0.383 bits per heavy atom. The molecule has 280 valence electrons. The van der Waals surface area contributed by atoms with Gasteiger partial charge >= 0.3 is 0 Å². The van der Waals surface area contributed by atoms with Gasteiger partial charge in [0, 0.05) is 53.0 Å². The molecule has 0 fully saturated rings. The van der Waals surface area contributed by atoms with Gasteiger partial charge < -0.3 is 4.42 Å². The Hall–Kier alpha value is -7.73. The number of benzene rings is 9. The third-order valence-corrected chi connectivity index (χ3v) is 12.0. The van der Waals surface area contributed by atoms with Crippen molar-refractivity contribution in [2.75, 3.05) is 0 Å². The zero-order chi connectivity index (χ0) is 47.4. The fourth-order valence-corrected chi connectivity index (χ4v) is 9.06. The summed E-state index contributed by atoms with van der Waals surface area (Å²) in [4.78, 5) is 15.2. The molecule has 0 atom stereocenters. The van der Waals surface area contributed by atoms with Crippen LogP contribution < -0.4 is 0 Å². The summed E-state index contributed by atoms with van der Waals surface area (Å²) in [5.41, 5.74) is 6.79. The van der Waals surface area contributed by atoms with Gasteiger partial charge in [-0.1, -0.05) is 164 Å². The van der Waals surface area contributed by atoms with E-state index in [0.29, 0.717) is 28.6 Å². The summed E-state index contributed by atoms with van der Waals surface area (Å²) in [6.45, 7) is 0. The monoisotopic (exact) mass is 792 g/mol. The van der Waals surface area contributed by atoms with Gasteiger partial charge in [-0.2, -0.15) is 0 Å². The minimum atomic E-state index is -0.521. The molecule has 3 heterocycles. The molecule has 0 bridgehead atoms. The van der Waals surface area contributed by atoms with Crippen LogP contribution in [-0.4, -0.2) is 15.0 Å². The number of nitrogens with zero attached hydrogens (tertiary/aromatic N) is 3. The van der Waals surface area contributed by atoms with E-state index >= 15 is 0 Å². The molecule has 9 aromatic carbocycles. The van der Waals surface area contributed by atoms with Crippen molar-refractivity contribution in [3.05, 3.63) is 200 Å². The van der Waals surface area contributed by atoms with Crippen LogP contribution in [0.2, 0.25) is 0 Å². The molecule has 0 aliphatic carbocycles. The molecule has 12 rings (SSSR count). The van der Waals surface area contributed by atoms with E-state index in [-0.39, 0.29) is 44.3 Å². The Morgan fingerprint density at radius 3 is 1.70 bits per heavy atom. The van der Waals surface area contributed by atoms with E-state index in [1.807, 2.05) is 60.7 Å². The second-order valence-corrected chi connectivity index (χ2v) is 15.6. The highest BCUT2D eigenvalue weighted by atomic mass is 32.1. The Morgan fingerprint density at radius 2 is 0.950 bits per heavy atom. The molecule has 0 aliphatic heterocycles. The third kappa shape index (κ3) is 5.86. The van der Waals surface area contributed by atoms with Crippen LogP contribution >= 0.6 is 11.3 Å². The summed E-state index contributed by atoms with van der Waals surface area (Å²) in [5, 5.41) is 2.27. The second-order valence-electron chi connectivity index (χ2n) is 14.5. The minimum absolute atomic E-state index is 0.0188. The predicted molar refractivity (Wildman–Crippen MR) is 250 cm³/mol. The van der Waals surface area contributed by atoms with E-state index in [1.165, 1.54) is 10.1 Å². The molecule has 0 radical (unpaired) electrons. The fraction of sp³-hybridized carbons (Fsp3) is 0. The molecule has 60 heavy (non-hydrogen) atoms. The largest absolute Gasteiger partial charge is 0.455 e. The number of fused-ring (bicyclic) bond motifs is 8. The van der Waals surface area contributed by atoms with E-state index < -0.39 is 48.3 Å². The van der Waals surface area contributed by atoms with E-state index in [9.17, 15) is 1.37 Å². The summed E-state index contributed by atoms with van der Waals surface area (Å²) in [6.07, 6.45) is 0. The number of para-hydroxylation sites is 1. The van der Waals surface area contributed by atoms with Crippen LogP contribution in [0.3, 0.4) is 0 Å². The van der Waals surface area contributed by atoms with Crippen molar-refractivity contribution in [2.24, 2.45) is 0 Å². The van der Waals surface area contributed by atoms with Crippen LogP contribution in [0.5, 0.6) is 0 Å². The van der Waals surface area contributed by atoms with Gasteiger partial charge in [-0.15, -0.1) is 11.3 Å². The Kier molecular flexibility index (Phi) is 6.13. The number of thiophene rings is 1. The van der Waals surface area contributed by atoms with Crippen molar-refractivity contribution >= 4 is 64.2 Å². The molecular formula is C55H33N3OS. The minimum Gasteiger partial charge on any atom is -0.455 e. The van der Waals surface area contributed by atoms with Crippen LogP contribution in [0.15, 0.2) is 204 Å². The standard InChI is InChI=1S/C55H33N3OS/c1-3-12-34(13-4-1)38-16-11-17-40(30-38)54-56-53(57-55(58-54)41-26-28-44-47-31-39(35-14-5-2-6-15-35)27-29-50(47)60-51(44)32-41)37-24-22-36(23-25-37)46-33-48-43-19-9-10-21-49(43)59-52(48)45-20-8-7-18-42(45)46/h1-33H/i7D,8D,9D,10D,18D,19D,20D,21D,33D. The first-order valence-corrected chi connectivity index (χ1v) is 20.2. The zero-order valence-electron chi connectivity index (χ0n) is 40.5. The fourth-order valence-electron chi connectivity index (χ4n) is 7.93. The van der Waals surface area contributed by atoms with Crippen molar-refractivity contribution < 1.29 is 16.8 Å². The summed E-state index contributed by atoms with van der Waals surface area (Å²) in [7, 11) is 0. The molecule has 3 aromatic heterocycles. The van der Waals surface area contributed by atoms with Crippen LogP contribution in [0.25, 0.3) is 120 Å². The Balaban J connectivity index is 1.03. The first-order chi connectivity index (χ1) is 33.4. The predicted octanol–water partition coefficient (Wildman–Crippen LogP) is 15.3. The van der Waals surface area contributed by atoms with Crippen molar-refractivity contribution in [3.63, 3.8) is 0 Å². The number of furan rings is 1. The molecule has 0 spiro atoms. The summed E-state index contributed by atoms with van der Waals surface area (Å²) in [5.74, 6) is 1.30. The van der Waals surface area contributed by atoms with Crippen molar-refractivity contribution in [1.29, 1.82) is 0 Å². The molecule has 0 N–H and O–H groups in total. The highest BCUT2D eigenvalue weighted by Crippen LogP contribution is 2.41. The van der Waals surface area contributed by atoms with Gasteiger partial charge in [0.1, 0.15) is 11.2 Å². The second kappa shape index (κ2) is 14.0. The third-order valence-electron chi connectivity index (χ3n) is 10.9. The van der Waals surface area contributed by atoms with Crippen molar-refractivity contribution in [2.45, 2.75) is 0 Å². The maximum absolute atomic E-state index is 9.63. The summed E-state index contributed by atoms with van der Waals surface area (Å²) < 4.78 is 87.4. The highest BCUT2D eigenvalue weighted by molar-refractivity contribution is 7.25. The lowest BCUT2D eigenvalue weighted by Gasteiger charge is -2.11. The van der Waals surface area contributed by atoms with Crippen molar-refractivity contribution in [1.82, 2.24) is 15.0 Å². The van der Waals surface area contributed by atoms with Gasteiger partial charge in [0.05, 0.1) is 12.3 Å². The van der Waals surface area contributed by atoms with Gasteiger partial charge in [-0.25, -0.2) is 15.0 Å². The molecule has 0 aliphatic rings. The van der Waals surface area contributed by atoms with Gasteiger partial charge in [0.25, 0.3) is 0 Å². The van der Waals surface area contributed by atoms with Crippen LogP contribution in [0, 0.1) is 0 Å². The quantitative estimate of drug-likeness (QED) is 0.168. The highest BCUT2D eigenvalue weighted by Gasteiger charge is 2.18. The van der Waals surface area contributed by atoms with E-state index in [4.69, 9.17) is 30.3 Å². The maximum Gasteiger partial charge on any atom is 0.164 e. The molecule has 12 aromatic rings. The number of hydrogen-bond acceptors (Lipinski definition) is 5. The molecule has 5 heteroatoms.